The summed E-state index contributed by atoms with van der Waals surface area (Å²) in [5.74, 6) is -0.291. The summed E-state index contributed by atoms with van der Waals surface area (Å²) >= 11 is 0. The molecule has 7 nitrogen and oxygen atoms in total. The van der Waals surface area contributed by atoms with E-state index in [4.69, 9.17) is 4.74 Å². The number of nitrogens with zero attached hydrogens (tertiary/aromatic N) is 3. The maximum Gasteiger partial charge on any atom is 0.309 e. The van der Waals surface area contributed by atoms with Crippen LogP contribution in [0, 0.1) is 0 Å². The molecular formula is C24H40N4O3. The first-order valence-corrected chi connectivity index (χ1v) is 11.8. The van der Waals surface area contributed by atoms with E-state index in [1.54, 1.807) is 0 Å². The Labute approximate surface area is 187 Å². The van der Waals surface area contributed by atoms with Gasteiger partial charge in [0.25, 0.3) is 0 Å². The van der Waals surface area contributed by atoms with Crippen molar-refractivity contribution < 1.29 is 14.6 Å². The summed E-state index contributed by atoms with van der Waals surface area (Å²) in [6, 6.07) is 4.52. The zero-order valence-corrected chi connectivity index (χ0v) is 19.5. The van der Waals surface area contributed by atoms with Crippen LogP contribution in [0.5, 0.6) is 0 Å². The van der Waals surface area contributed by atoms with E-state index in [2.05, 4.69) is 20.1 Å². The molecule has 1 saturated carbocycles. The maximum atomic E-state index is 12.1. The molecule has 2 N–H and O–H groups in total. The van der Waals surface area contributed by atoms with E-state index in [-0.39, 0.29) is 12.4 Å². The Bertz CT molecular complexity index is 676. The van der Waals surface area contributed by atoms with Gasteiger partial charge in [-0.15, -0.1) is 0 Å². The van der Waals surface area contributed by atoms with Crippen LogP contribution in [0.25, 0.3) is 0 Å². The number of carbonyl (C=O) groups excluding carboxylic acids is 1. The lowest BCUT2D eigenvalue weighted by atomic mass is 9.79. The van der Waals surface area contributed by atoms with Crippen LogP contribution in [0.1, 0.15) is 59.3 Å². The second-order valence-corrected chi connectivity index (χ2v) is 10.1. The molecule has 31 heavy (non-hydrogen) atoms. The molecule has 1 aliphatic carbocycles. The van der Waals surface area contributed by atoms with Crippen molar-refractivity contribution in [3.8, 4) is 0 Å². The quantitative estimate of drug-likeness (QED) is 0.483. The van der Waals surface area contributed by atoms with Gasteiger partial charge < -0.3 is 20.1 Å². The zero-order chi connectivity index (χ0) is 22.3. The molecule has 2 fully saturated rings. The van der Waals surface area contributed by atoms with Crippen LogP contribution in [0.4, 0.5) is 5.69 Å². The van der Waals surface area contributed by atoms with Crippen molar-refractivity contribution in [3.63, 3.8) is 0 Å². The molecule has 1 aromatic rings. The standard InChI is InChI=1S/C24H40N4O3/c1-23(2,3)31-22(29)19-24(30)9-5-21(6-10-24)28-17-15-27(16-18-28)14-4-11-26-20-7-12-25-13-8-20/h7-8,12-13,21,30H,4-6,9-11,14-19H2,1-3H3,(H,25,26). The molecular weight excluding hydrogens is 392 g/mol. The van der Waals surface area contributed by atoms with Crippen molar-refractivity contribution in [2.45, 2.75) is 76.5 Å². The fourth-order valence-corrected chi connectivity index (χ4v) is 4.69. The third-order valence-electron chi connectivity index (χ3n) is 6.36. The average Bonchev–Trinajstić information content (AvgIpc) is 2.71. The number of carbonyl (C=O) groups is 1. The minimum absolute atomic E-state index is 0.109. The fraction of sp³-hybridized carbons (Fsp3) is 0.750. The molecule has 2 aliphatic rings. The van der Waals surface area contributed by atoms with Crippen molar-refractivity contribution in [2.24, 2.45) is 0 Å². The normalized spacial score (nSPS) is 25.9. The molecule has 1 saturated heterocycles. The Morgan fingerprint density at radius 2 is 1.84 bits per heavy atom. The molecule has 0 spiro atoms. The van der Waals surface area contributed by atoms with Gasteiger partial charge in [0, 0.05) is 56.8 Å². The van der Waals surface area contributed by atoms with Crippen molar-refractivity contribution in [1.29, 1.82) is 0 Å². The molecule has 0 radical (unpaired) electrons. The van der Waals surface area contributed by atoms with Crippen LogP contribution in [0.15, 0.2) is 24.5 Å². The van der Waals surface area contributed by atoms with E-state index in [0.29, 0.717) is 18.9 Å². The summed E-state index contributed by atoms with van der Waals surface area (Å²) in [4.78, 5) is 21.3. The Morgan fingerprint density at radius 3 is 2.45 bits per heavy atom. The Kier molecular flexibility index (Phi) is 8.30. The van der Waals surface area contributed by atoms with Crippen LogP contribution >= 0.6 is 0 Å². The smallest absolute Gasteiger partial charge is 0.309 e. The highest BCUT2D eigenvalue weighted by molar-refractivity contribution is 5.71. The van der Waals surface area contributed by atoms with Gasteiger partial charge in [-0.2, -0.15) is 0 Å². The van der Waals surface area contributed by atoms with E-state index in [9.17, 15) is 9.90 Å². The number of hydrogen-bond donors (Lipinski definition) is 2. The average molecular weight is 433 g/mol. The second-order valence-electron chi connectivity index (χ2n) is 10.1. The minimum atomic E-state index is -0.900. The first-order chi connectivity index (χ1) is 14.7. The van der Waals surface area contributed by atoms with E-state index >= 15 is 0 Å². The summed E-state index contributed by atoms with van der Waals surface area (Å²) in [5, 5.41) is 14.3. The number of aliphatic hydroxyl groups is 1. The Balaban J connectivity index is 1.31. The van der Waals surface area contributed by atoms with Crippen molar-refractivity contribution in [1.82, 2.24) is 14.8 Å². The first kappa shape index (κ1) is 24.0. The number of piperazine rings is 1. The van der Waals surface area contributed by atoms with E-state index < -0.39 is 11.2 Å². The van der Waals surface area contributed by atoms with Gasteiger partial charge in [-0.05, 0) is 71.6 Å². The van der Waals surface area contributed by atoms with Crippen LogP contribution in [-0.2, 0) is 9.53 Å². The van der Waals surface area contributed by atoms with Gasteiger partial charge in [0.1, 0.15) is 5.60 Å². The lowest BCUT2D eigenvalue weighted by Crippen LogP contribution is -2.52. The van der Waals surface area contributed by atoms with Crippen LogP contribution in [0.2, 0.25) is 0 Å². The zero-order valence-electron chi connectivity index (χ0n) is 19.5. The highest BCUT2D eigenvalue weighted by Gasteiger charge is 2.38. The maximum absolute atomic E-state index is 12.1. The summed E-state index contributed by atoms with van der Waals surface area (Å²) in [6.45, 7) is 12.1. The van der Waals surface area contributed by atoms with Gasteiger partial charge in [0.2, 0.25) is 0 Å². The van der Waals surface area contributed by atoms with Gasteiger partial charge in [-0.3, -0.25) is 14.7 Å². The topological polar surface area (TPSA) is 77.9 Å². The number of hydrogen-bond acceptors (Lipinski definition) is 7. The lowest BCUT2D eigenvalue weighted by molar-refractivity contribution is -0.162. The fourth-order valence-electron chi connectivity index (χ4n) is 4.69. The predicted molar refractivity (Wildman–Crippen MR) is 123 cm³/mol. The van der Waals surface area contributed by atoms with Crippen molar-refractivity contribution in [3.05, 3.63) is 24.5 Å². The van der Waals surface area contributed by atoms with Crippen LogP contribution in [-0.4, -0.2) is 82.4 Å². The van der Waals surface area contributed by atoms with Crippen LogP contribution < -0.4 is 5.32 Å². The highest BCUT2D eigenvalue weighted by Crippen LogP contribution is 2.34. The summed E-state index contributed by atoms with van der Waals surface area (Å²) in [6.07, 6.45) is 8.12. The van der Waals surface area contributed by atoms with Crippen molar-refractivity contribution >= 4 is 11.7 Å². The summed E-state index contributed by atoms with van der Waals surface area (Å²) < 4.78 is 5.40. The number of anilines is 1. The van der Waals surface area contributed by atoms with Gasteiger partial charge in [-0.25, -0.2) is 0 Å². The van der Waals surface area contributed by atoms with E-state index in [1.165, 1.54) is 0 Å². The largest absolute Gasteiger partial charge is 0.460 e. The predicted octanol–water partition coefficient (Wildman–Crippen LogP) is 2.91. The van der Waals surface area contributed by atoms with E-state index in [0.717, 1.165) is 64.2 Å². The van der Waals surface area contributed by atoms with Gasteiger partial charge in [0.05, 0.1) is 12.0 Å². The molecule has 0 aromatic carbocycles. The Morgan fingerprint density at radius 1 is 1.19 bits per heavy atom. The molecule has 7 heteroatoms. The van der Waals surface area contributed by atoms with Gasteiger partial charge in [0.15, 0.2) is 0 Å². The third-order valence-corrected chi connectivity index (χ3v) is 6.36. The molecule has 0 unspecified atom stereocenters. The number of aromatic nitrogens is 1. The highest BCUT2D eigenvalue weighted by atomic mass is 16.6. The Hall–Kier alpha value is -1.70. The van der Waals surface area contributed by atoms with Gasteiger partial charge >= 0.3 is 5.97 Å². The molecule has 2 heterocycles. The number of esters is 1. The first-order valence-electron chi connectivity index (χ1n) is 11.8. The molecule has 0 amide bonds. The monoisotopic (exact) mass is 432 g/mol. The van der Waals surface area contributed by atoms with E-state index in [1.807, 2.05) is 45.3 Å². The molecule has 0 atom stereocenters. The molecule has 0 bridgehead atoms. The molecule has 1 aliphatic heterocycles. The summed E-state index contributed by atoms with van der Waals surface area (Å²) in [5.41, 5.74) is -0.272. The van der Waals surface area contributed by atoms with Crippen molar-refractivity contribution in [2.75, 3.05) is 44.6 Å². The lowest BCUT2D eigenvalue weighted by Gasteiger charge is -2.44. The number of nitrogens with one attached hydrogen (secondary N) is 1. The minimum Gasteiger partial charge on any atom is -0.460 e. The number of ether oxygens (including phenoxy) is 1. The molecule has 3 rings (SSSR count). The molecule has 1 aromatic heterocycles. The molecule has 174 valence electrons. The third kappa shape index (κ3) is 8.05. The number of pyridine rings is 1. The van der Waals surface area contributed by atoms with Crippen LogP contribution in [0.3, 0.4) is 0 Å². The second kappa shape index (κ2) is 10.7. The number of rotatable bonds is 8. The SMILES string of the molecule is CC(C)(C)OC(=O)CC1(O)CCC(N2CCN(CCCNc3ccncc3)CC2)CC1. The van der Waals surface area contributed by atoms with Gasteiger partial charge in [-0.1, -0.05) is 0 Å². The summed E-state index contributed by atoms with van der Waals surface area (Å²) in [7, 11) is 0.